The van der Waals surface area contributed by atoms with Crippen LogP contribution in [0.3, 0.4) is 0 Å². The van der Waals surface area contributed by atoms with Crippen LogP contribution in [0.25, 0.3) is 0 Å². The zero-order valence-corrected chi connectivity index (χ0v) is 21.2. The first-order chi connectivity index (χ1) is 10.9. The first kappa shape index (κ1) is 22.9. The Morgan fingerprint density at radius 2 is 1.17 bits per heavy atom. The quantitative estimate of drug-likeness (QED) is 0.258. The zero-order valence-electron chi connectivity index (χ0n) is 15.9. The summed E-state index contributed by atoms with van der Waals surface area (Å²) in [5.74, 6) is 1.22. The first-order valence-corrected chi connectivity index (χ1v) is 18.8. The highest BCUT2D eigenvalue weighted by Gasteiger charge is 2.24. The summed E-state index contributed by atoms with van der Waals surface area (Å²) in [4.78, 5) is 11.8. The van der Waals surface area contributed by atoms with E-state index in [0.29, 0.717) is 23.3 Å². The van der Waals surface area contributed by atoms with Gasteiger partial charge in [-0.05, 0) is 13.8 Å². The summed E-state index contributed by atoms with van der Waals surface area (Å²) in [5.41, 5.74) is 0.634. The molecule has 9 heteroatoms. The van der Waals surface area contributed by atoms with Crippen molar-refractivity contribution in [1.82, 2.24) is 0 Å². The lowest BCUT2D eigenvalue weighted by molar-refractivity contribution is 0.157. The molecule has 0 saturated heterocycles. The summed E-state index contributed by atoms with van der Waals surface area (Å²) in [5, 5.41) is 0. The van der Waals surface area contributed by atoms with Crippen LogP contribution in [0.2, 0.25) is 39.3 Å². The maximum Gasteiger partial charge on any atom is 0.289 e. The predicted molar refractivity (Wildman–Crippen MR) is 118 cm³/mol. The molecule has 2 unspecified atom stereocenters. The van der Waals surface area contributed by atoms with Crippen LogP contribution < -0.4 is 4.06 Å². The largest absolute Gasteiger partial charge is 0.371 e. The lowest BCUT2D eigenvalue weighted by atomic mass is 10.8. The van der Waals surface area contributed by atoms with Gasteiger partial charge < -0.3 is 9.47 Å². The summed E-state index contributed by atoms with van der Waals surface area (Å²) in [6.07, 6.45) is 0. The molecule has 0 aliphatic rings. The average molecular weight is 443 g/mol. The highest BCUT2D eigenvalue weighted by Crippen LogP contribution is 2.37. The molecule has 0 aliphatic carbocycles. The number of thioether (sulfide) groups is 2. The van der Waals surface area contributed by atoms with E-state index in [1.54, 1.807) is 23.5 Å². The van der Waals surface area contributed by atoms with Crippen LogP contribution in [-0.4, -0.2) is 39.5 Å². The number of rotatable bonds is 10. The van der Waals surface area contributed by atoms with E-state index >= 15 is 0 Å². The second kappa shape index (κ2) is 9.73. The van der Waals surface area contributed by atoms with Crippen molar-refractivity contribution in [1.29, 1.82) is 0 Å². The van der Waals surface area contributed by atoms with Gasteiger partial charge in [0.25, 0.3) is 4.06 Å². The van der Waals surface area contributed by atoms with Crippen molar-refractivity contribution in [2.24, 2.45) is 0 Å². The molecule has 0 fully saturated rings. The second-order valence-corrected chi connectivity index (χ2v) is 23.6. The van der Waals surface area contributed by atoms with Crippen molar-refractivity contribution < 1.29 is 9.47 Å². The van der Waals surface area contributed by atoms with Gasteiger partial charge in [0.15, 0.2) is 0 Å². The summed E-state index contributed by atoms with van der Waals surface area (Å²) >= 11 is 5.93. The average Bonchev–Trinajstić information content (AvgIpc) is 2.76. The fraction of sp³-hybridized carbons (Fsp3) is 0.800. The monoisotopic (exact) mass is 442 g/mol. The third-order valence-corrected chi connectivity index (χ3v) is 14.0. The number of ether oxygens (including phenoxy) is 2. The predicted octanol–water partition coefficient (Wildman–Crippen LogP) is 5.83. The minimum absolute atomic E-state index is 0.150. The molecule has 0 saturated carbocycles. The summed E-state index contributed by atoms with van der Waals surface area (Å²) in [7, 11) is -2.54. The molecule has 0 radical (unpaired) electrons. The van der Waals surface area contributed by atoms with Gasteiger partial charge in [0.1, 0.15) is 0 Å². The van der Waals surface area contributed by atoms with Crippen molar-refractivity contribution in [2.75, 3.05) is 11.9 Å². The minimum Gasteiger partial charge on any atom is -0.371 e. The molecule has 3 nitrogen and oxygen atoms in total. The highest BCUT2D eigenvalue weighted by molar-refractivity contribution is 8.04. The zero-order chi connectivity index (χ0) is 18.5. The summed E-state index contributed by atoms with van der Waals surface area (Å²) in [6.45, 7) is 18.2. The van der Waals surface area contributed by atoms with Gasteiger partial charge in [0.2, 0.25) is 0 Å². The summed E-state index contributed by atoms with van der Waals surface area (Å²) in [6, 6.07) is 0. The molecule has 24 heavy (non-hydrogen) atoms. The Labute approximate surface area is 164 Å². The minimum atomic E-state index is -1.27. The Morgan fingerprint density at radius 1 is 0.833 bits per heavy atom. The van der Waals surface area contributed by atoms with Gasteiger partial charge in [-0.25, -0.2) is 0 Å². The van der Waals surface area contributed by atoms with Crippen LogP contribution >= 0.6 is 46.2 Å². The maximum absolute atomic E-state index is 11.8. The van der Waals surface area contributed by atoms with Crippen LogP contribution in [0.15, 0.2) is 13.2 Å². The van der Waals surface area contributed by atoms with Crippen LogP contribution in [0.5, 0.6) is 0 Å². The topological polar surface area (TPSA) is 35.5 Å². The molecule has 0 aliphatic heterocycles. The molecule has 0 bridgehead atoms. The lowest BCUT2D eigenvalue weighted by Gasteiger charge is -2.25. The van der Waals surface area contributed by atoms with E-state index in [-0.39, 0.29) is 4.06 Å². The van der Waals surface area contributed by atoms with Crippen molar-refractivity contribution in [2.45, 2.75) is 73.0 Å². The number of hydrogen-bond acceptors (Lipinski definition) is 7. The normalized spacial score (nSPS) is 15.5. The van der Waals surface area contributed by atoms with E-state index in [1.165, 1.54) is 22.7 Å². The van der Waals surface area contributed by atoms with Crippen LogP contribution in [0.1, 0.15) is 13.8 Å². The van der Waals surface area contributed by atoms with Gasteiger partial charge in [-0.3, -0.25) is 4.79 Å². The standard InChI is InChI=1S/C15H30O3S4Si2/c1-11(23(3,4)5)17-9-19-13-14(22-15(16)21-13)20-10-18-12(2)24(6,7)8/h11-12H,9-10H2,1-8H3. The Morgan fingerprint density at radius 3 is 1.46 bits per heavy atom. The molecule has 1 heterocycles. The Bertz CT molecular complexity index is 514. The first-order valence-electron chi connectivity index (χ1n) is 8.04. The van der Waals surface area contributed by atoms with Crippen molar-refractivity contribution in [3.05, 3.63) is 8.85 Å². The van der Waals surface area contributed by atoms with Crippen molar-refractivity contribution >= 4 is 62.3 Å². The van der Waals surface area contributed by atoms with E-state index < -0.39 is 16.1 Å². The fourth-order valence-corrected chi connectivity index (χ4v) is 7.59. The van der Waals surface area contributed by atoms with E-state index in [0.717, 1.165) is 8.42 Å². The summed E-state index contributed by atoms with van der Waals surface area (Å²) < 4.78 is 14.2. The van der Waals surface area contributed by atoms with E-state index in [4.69, 9.17) is 9.47 Å². The van der Waals surface area contributed by atoms with Crippen LogP contribution in [-0.2, 0) is 9.47 Å². The molecule has 2 atom stereocenters. The van der Waals surface area contributed by atoms with Crippen molar-refractivity contribution in [3.63, 3.8) is 0 Å². The van der Waals surface area contributed by atoms with Crippen LogP contribution in [0, 0.1) is 0 Å². The molecule has 1 aromatic heterocycles. The van der Waals surface area contributed by atoms with Gasteiger partial charge >= 0.3 is 0 Å². The SMILES string of the molecule is CC(OCSc1sc(=O)sc1SCOC(C)[Si](C)(C)C)[Si](C)(C)C. The molecule has 0 amide bonds. The molecular formula is C15H30O3S4Si2. The molecule has 1 aromatic rings. The van der Waals surface area contributed by atoms with E-state index in [1.807, 2.05) is 0 Å². The van der Waals surface area contributed by atoms with Gasteiger partial charge in [-0.15, -0.1) is 0 Å². The molecule has 1 rings (SSSR count). The van der Waals surface area contributed by atoms with Gasteiger partial charge in [-0.2, -0.15) is 0 Å². The van der Waals surface area contributed by atoms with E-state index in [9.17, 15) is 4.79 Å². The molecule has 0 aromatic carbocycles. The smallest absolute Gasteiger partial charge is 0.289 e. The Balaban J connectivity index is 2.52. The van der Waals surface area contributed by atoms with Gasteiger partial charge in [0.05, 0.1) is 36.4 Å². The number of hydrogen-bond donors (Lipinski definition) is 0. The lowest BCUT2D eigenvalue weighted by Crippen LogP contribution is -2.37. The molecule has 0 N–H and O–H groups in total. The molecule has 0 spiro atoms. The third kappa shape index (κ3) is 8.07. The van der Waals surface area contributed by atoms with E-state index in [2.05, 4.69) is 53.1 Å². The molecule has 140 valence electrons. The highest BCUT2D eigenvalue weighted by atomic mass is 32.2. The van der Waals surface area contributed by atoms with Crippen LogP contribution in [0.4, 0.5) is 0 Å². The second-order valence-electron chi connectivity index (χ2n) is 7.90. The van der Waals surface area contributed by atoms with Gasteiger partial charge in [0, 0.05) is 11.5 Å². The fourth-order valence-electron chi connectivity index (χ4n) is 1.31. The van der Waals surface area contributed by atoms with Crippen molar-refractivity contribution in [3.8, 4) is 0 Å². The third-order valence-electron chi connectivity index (χ3n) is 3.97. The van der Waals surface area contributed by atoms with Gasteiger partial charge in [-0.1, -0.05) is 85.5 Å². The molecular weight excluding hydrogens is 413 g/mol. The maximum atomic E-state index is 11.8. The Kier molecular flexibility index (Phi) is 9.30. The Hall–Kier alpha value is 0.904.